The molecule has 2 aromatic rings. The maximum atomic E-state index is 9.78. The van der Waals surface area contributed by atoms with Crippen LogP contribution in [0.4, 0.5) is 5.82 Å². The van der Waals surface area contributed by atoms with E-state index in [1.807, 2.05) is 0 Å². The summed E-state index contributed by atoms with van der Waals surface area (Å²) in [5.74, 6) is 1.43. The summed E-state index contributed by atoms with van der Waals surface area (Å²) in [6, 6.07) is 6.82. The molecule has 100 valence electrons. The molecule has 1 heterocycles. The number of aryl methyl sites for hydroxylation is 1. The zero-order valence-corrected chi connectivity index (χ0v) is 11.1. The molecule has 19 heavy (non-hydrogen) atoms. The van der Waals surface area contributed by atoms with Gasteiger partial charge in [0.1, 0.15) is 5.82 Å². The maximum absolute atomic E-state index is 9.78. The van der Waals surface area contributed by atoms with Crippen molar-refractivity contribution in [2.75, 3.05) is 12.8 Å². The number of hydrogen-bond acceptors (Lipinski definition) is 5. The molecule has 0 bridgehead atoms. The van der Waals surface area contributed by atoms with Gasteiger partial charge >= 0.3 is 0 Å². The van der Waals surface area contributed by atoms with Gasteiger partial charge in [-0.15, -0.1) is 0 Å². The molecule has 0 aliphatic carbocycles. The molecule has 1 aromatic carbocycles. The van der Waals surface area contributed by atoms with Crippen LogP contribution in [-0.4, -0.2) is 22.2 Å². The lowest BCUT2D eigenvalue weighted by Crippen LogP contribution is -2.00. The first-order chi connectivity index (χ1) is 9.13. The Labute approximate surface area is 112 Å². The summed E-state index contributed by atoms with van der Waals surface area (Å²) < 4.78 is 5.01. The van der Waals surface area contributed by atoms with Crippen molar-refractivity contribution in [2.24, 2.45) is 0 Å². The number of aromatic hydroxyl groups is 1. The van der Waals surface area contributed by atoms with Gasteiger partial charge in [0.2, 0.25) is 0 Å². The highest BCUT2D eigenvalue weighted by atomic mass is 16.5. The number of rotatable bonds is 4. The highest BCUT2D eigenvalue weighted by Gasteiger charge is 2.08. The predicted molar refractivity (Wildman–Crippen MR) is 74.1 cm³/mol. The lowest BCUT2D eigenvalue weighted by molar-refractivity contribution is 0.373. The molecule has 5 nitrogen and oxygen atoms in total. The number of nitrogens with two attached hydrogens (primary N) is 1. The number of ether oxygens (including phenoxy) is 1. The number of benzene rings is 1. The van der Waals surface area contributed by atoms with Gasteiger partial charge in [0.25, 0.3) is 0 Å². The average Bonchev–Trinajstić information content (AvgIpc) is 2.38. The van der Waals surface area contributed by atoms with Gasteiger partial charge in [-0.25, -0.2) is 9.97 Å². The summed E-state index contributed by atoms with van der Waals surface area (Å²) >= 11 is 0. The first kappa shape index (κ1) is 13.1. The Morgan fingerprint density at radius 1 is 1.26 bits per heavy atom. The average molecular weight is 259 g/mol. The molecule has 5 heteroatoms. The minimum atomic E-state index is 0.0584. The summed E-state index contributed by atoms with van der Waals surface area (Å²) in [5, 5.41) is 9.78. The van der Waals surface area contributed by atoms with Gasteiger partial charge in [-0.3, -0.25) is 0 Å². The molecule has 0 amide bonds. The minimum Gasteiger partial charge on any atom is -0.504 e. The summed E-state index contributed by atoms with van der Waals surface area (Å²) in [7, 11) is 1.51. The van der Waals surface area contributed by atoms with Crippen molar-refractivity contribution in [3.63, 3.8) is 0 Å². The molecule has 0 unspecified atom stereocenters. The van der Waals surface area contributed by atoms with Crippen molar-refractivity contribution in [1.29, 1.82) is 0 Å². The number of phenols is 1. The standard InChI is InChI=1S/C14H17N3O2/c1-3-4-10-8-13(15)17-14(16-10)9-5-6-12(19-2)11(18)7-9/h5-8,18H,3-4H2,1-2H3,(H2,15,16,17). The Morgan fingerprint density at radius 2 is 2.05 bits per heavy atom. The van der Waals surface area contributed by atoms with E-state index in [2.05, 4.69) is 16.9 Å². The number of hydrogen-bond donors (Lipinski definition) is 2. The molecule has 0 radical (unpaired) electrons. The van der Waals surface area contributed by atoms with Crippen LogP contribution in [0.25, 0.3) is 11.4 Å². The molecule has 0 aliphatic rings. The van der Waals surface area contributed by atoms with Crippen molar-refractivity contribution >= 4 is 5.82 Å². The summed E-state index contributed by atoms with van der Waals surface area (Å²) in [4.78, 5) is 8.64. The van der Waals surface area contributed by atoms with E-state index in [1.165, 1.54) is 7.11 Å². The van der Waals surface area contributed by atoms with Crippen LogP contribution in [-0.2, 0) is 6.42 Å². The smallest absolute Gasteiger partial charge is 0.161 e. The maximum Gasteiger partial charge on any atom is 0.161 e. The van der Waals surface area contributed by atoms with E-state index in [4.69, 9.17) is 10.5 Å². The fourth-order valence-corrected chi connectivity index (χ4v) is 1.86. The largest absolute Gasteiger partial charge is 0.504 e. The van der Waals surface area contributed by atoms with Crippen molar-refractivity contribution in [3.8, 4) is 22.9 Å². The van der Waals surface area contributed by atoms with Gasteiger partial charge in [0.05, 0.1) is 7.11 Å². The third-order valence-electron chi connectivity index (χ3n) is 2.74. The van der Waals surface area contributed by atoms with Gasteiger partial charge in [-0.05, 0) is 24.6 Å². The van der Waals surface area contributed by atoms with Crippen LogP contribution in [0.1, 0.15) is 19.0 Å². The van der Waals surface area contributed by atoms with Gasteiger partial charge in [-0.2, -0.15) is 0 Å². The van der Waals surface area contributed by atoms with E-state index in [1.54, 1.807) is 24.3 Å². The molecule has 0 saturated heterocycles. The van der Waals surface area contributed by atoms with Crippen molar-refractivity contribution in [1.82, 2.24) is 9.97 Å². The molecule has 2 rings (SSSR count). The Bertz CT molecular complexity index is 585. The number of anilines is 1. The van der Waals surface area contributed by atoms with Crippen LogP contribution in [0.5, 0.6) is 11.5 Å². The topological polar surface area (TPSA) is 81.3 Å². The predicted octanol–water partition coefficient (Wildman–Crippen LogP) is 2.39. The Balaban J connectivity index is 2.43. The molecular weight excluding hydrogens is 242 g/mol. The van der Waals surface area contributed by atoms with Crippen molar-refractivity contribution < 1.29 is 9.84 Å². The highest BCUT2D eigenvalue weighted by Crippen LogP contribution is 2.30. The second-order valence-electron chi connectivity index (χ2n) is 4.24. The number of nitrogens with zero attached hydrogens (tertiary/aromatic N) is 2. The Kier molecular flexibility index (Phi) is 3.85. The summed E-state index contributed by atoms with van der Waals surface area (Å²) in [5.41, 5.74) is 7.40. The van der Waals surface area contributed by atoms with E-state index in [0.717, 1.165) is 18.5 Å². The zero-order chi connectivity index (χ0) is 13.8. The molecule has 0 saturated carbocycles. The highest BCUT2D eigenvalue weighted by molar-refractivity contribution is 5.62. The van der Waals surface area contributed by atoms with Crippen molar-refractivity contribution in [2.45, 2.75) is 19.8 Å². The van der Waals surface area contributed by atoms with Gasteiger partial charge in [0, 0.05) is 17.3 Å². The molecule has 3 N–H and O–H groups in total. The van der Waals surface area contributed by atoms with Gasteiger partial charge < -0.3 is 15.6 Å². The summed E-state index contributed by atoms with van der Waals surface area (Å²) in [6.07, 6.45) is 1.84. The summed E-state index contributed by atoms with van der Waals surface area (Å²) in [6.45, 7) is 2.08. The number of nitrogen functional groups attached to an aromatic ring is 1. The monoisotopic (exact) mass is 259 g/mol. The first-order valence-electron chi connectivity index (χ1n) is 6.15. The van der Waals surface area contributed by atoms with Crippen LogP contribution in [0, 0.1) is 0 Å². The second kappa shape index (κ2) is 5.56. The molecule has 1 aromatic heterocycles. The SMILES string of the molecule is CCCc1cc(N)nc(-c2ccc(OC)c(O)c2)n1. The fourth-order valence-electron chi connectivity index (χ4n) is 1.86. The molecule has 0 atom stereocenters. The van der Waals surface area contributed by atoms with Crippen LogP contribution in [0.15, 0.2) is 24.3 Å². The normalized spacial score (nSPS) is 10.4. The third kappa shape index (κ3) is 2.93. The van der Waals surface area contributed by atoms with Gasteiger partial charge in [0.15, 0.2) is 17.3 Å². The Morgan fingerprint density at radius 3 is 2.68 bits per heavy atom. The van der Waals surface area contributed by atoms with Crippen LogP contribution < -0.4 is 10.5 Å². The van der Waals surface area contributed by atoms with Gasteiger partial charge in [-0.1, -0.05) is 13.3 Å². The first-order valence-corrected chi connectivity index (χ1v) is 6.15. The fraction of sp³-hybridized carbons (Fsp3) is 0.286. The van der Waals surface area contributed by atoms with E-state index in [-0.39, 0.29) is 5.75 Å². The van der Waals surface area contributed by atoms with Crippen LogP contribution in [0.3, 0.4) is 0 Å². The van der Waals surface area contributed by atoms with E-state index >= 15 is 0 Å². The molecule has 0 spiro atoms. The second-order valence-corrected chi connectivity index (χ2v) is 4.24. The van der Waals surface area contributed by atoms with Crippen LogP contribution >= 0.6 is 0 Å². The lowest BCUT2D eigenvalue weighted by atomic mass is 10.1. The van der Waals surface area contributed by atoms with E-state index in [0.29, 0.717) is 23.0 Å². The zero-order valence-electron chi connectivity index (χ0n) is 11.1. The quantitative estimate of drug-likeness (QED) is 0.881. The number of phenolic OH excluding ortho intramolecular Hbond substituents is 1. The van der Waals surface area contributed by atoms with Crippen LogP contribution in [0.2, 0.25) is 0 Å². The number of aromatic nitrogens is 2. The van der Waals surface area contributed by atoms with E-state index < -0.39 is 0 Å². The third-order valence-corrected chi connectivity index (χ3v) is 2.74. The lowest BCUT2D eigenvalue weighted by Gasteiger charge is -2.07. The van der Waals surface area contributed by atoms with E-state index in [9.17, 15) is 5.11 Å². The van der Waals surface area contributed by atoms with Crippen molar-refractivity contribution in [3.05, 3.63) is 30.0 Å². The number of methoxy groups -OCH3 is 1. The molecular formula is C14H17N3O2. The Hall–Kier alpha value is -2.30. The minimum absolute atomic E-state index is 0.0584. The molecule has 0 aliphatic heterocycles. The molecule has 0 fully saturated rings.